The van der Waals surface area contributed by atoms with Crippen LogP contribution in [0.25, 0.3) is 0 Å². The van der Waals surface area contributed by atoms with Crippen LogP contribution in [0.5, 0.6) is 0 Å². The van der Waals surface area contributed by atoms with E-state index in [1.54, 1.807) is 6.20 Å². The summed E-state index contributed by atoms with van der Waals surface area (Å²) in [6, 6.07) is 2.24. The number of nitrogens with one attached hydrogen (secondary N) is 1. The number of nitrogens with zero attached hydrogens (tertiary/aromatic N) is 2. The lowest BCUT2D eigenvalue weighted by molar-refractivity contribution is 0.392. The molecule has 0 fully saturated rings. The van der Waals surface area contributed by atoms with E-state index < -0.39 is 0 Å². The van der Waals surface area contributed by atoms with Gasteiger partial charge in [-0.1, -0.05) is 0 Å². The van der Waals surface area contributed by atoms with Gasteiger partial charge in [0, 0.05) is 18.8 Å². The van der Waals surface area contributed by atoms with Crippen LogP contribution in [0.2, 0.25) is 0 Å². The average molecular weight is 208 g/mol. The lowest BCUT2D eigenvalue weighted by Gasteiger charge is -2.20. The van der Waals surface area contributed by atoms with E-state index in [-0.39, 0.29) is 0 Å². The first kappa shape index (κ1) is 11.8. The van der Waals surface area contributed by atoms with Crippen molar-refractivity contribution >= 4 is 11.5 Å². The van der Waals surface area contributed by atoms with Crippen LogP contribution in [0.3, 0.4) is 0 Å². The van der Waals surface area contributed by atoms with E-state index in [2.05, 4.69) is 22.1 Å². The number of nitrogen functional groups attached to an aromatic ring is 1. The van der Waals surface area contributed by atoms with Crippen molar-refractivity contribution in [1.82, 2.24) is 9.88 Å². The molecule has 3 N–H and O–H groups in total. The number of likely N-dealkylation sites (N-methyl/N-ethyl adjacent to an activating group) is 1. The van der Waals surface area contributed by atoms with Crippen molar-refractivity contribution in [2.45, 2.75) is 19.9 Å². The van der Waals surface area contributed by atoms with Crippen molar-refractivity contribution in [3.8, 4) is 0 Å². The molecule has 1 heterocycles. The molecule has 0 saturated carbocycles. The maximum Gasteiger partial charge on any atom is 0.149 e. The molecule has 0 aromatic carbocycles. The summed E-state index contributed by atoms with van der Waals surface area (Å²) < 4.78 is 0. The van der Waals surface area contributed by atoms with Crippen LogP contribution in [0.1, 0.15) is 12.5 Å². The third-order valence-electron chi connectivity index (χ3n) is 2.23. The molecular weight excluding hydrogens is 188 g/mol. The number of pyridine rings is 1. The molecule has 1 rings (SSSR count). The quantitative estimate of drug-likeness (QED) is 0.784. The van der Waals surface area contributed by atoms with Crippen molar-refractivity contribution < 1.29 is 0 Å². The topological polar surface area (TPSA) is 54.2 Å². The predicted octanol–water partition coefficient (Wildman–Crippen LogP) is 1.33. The van der Waals surface area contributed by atoms with Gasteiger partial charge in [0.05, 0.1) is 5.69 Å². The van der Waals surface area contributed by atoms with E-state index in [4.69, 9.17) is 5.73 Å². The highest BCUT2D eigenvalue weighted by Crippen LogP contribution is 2.19. The minimum Gasteiger partial charge on any atom is -0.396 e. The van der Waals surface area contributed by atoms with Crippen molar-refractivity contribution in [3.63, 3.8) is 0 Å². The molecule has 0 amide bonds. The Hall–Kier alpha value is -1.29. The normalized spacial score (nSPS) is 12.9. The minimum atomic E-state index is 0.330. The van der Waals surface area contributed by atoms with Gasteiger partial charge in [-0.15, -0.1) is 0 Å². The molecule has 1 unspecified atom stereocenters. The summed E-state index contributed by atoms with van der Waals surface area (Å²) in [5.41, 5.74) is 7.72. The SMILES string of the molecule is Cc1ccnc(NC(C)CN(C)C)c1N. The lowest BCUT2D eigenvalue weighted by atomic mass is 10.2. The lowest BCUT2D eigenvalue weighted by Crippen LogP contribution is -2.30. The molecule has 4 heteroatoms. The number of nitrogens with two attached hydrogens (primary N) is 1. The van der Waals surface area contributed by atoms with Gasteiger partial charge in [-0.25, -0.2) is 4.98 Å². The zero-order chi connectivity index (χ0) is 11.4. The van der Waals surface area contributed by atoms with Gasteiger partial charge in [-0.2, -0.15) is 0 Å². The van der Waals surface area contributed by atoms with Crippen LogP contribution < -0.4 is 11.1 Å². The van der Waals surface area contributed by atoms with E-state index in [0.29, 0.717) is 6.04 Å². The number of aromatic nitrogens is 1. The zero-order valence-corrected chi connectivity index (χ0v) is 9.91. The smallest absolute Gasteiger partial charge is 0.149 e. The van der Waals surface area contributed by atoms with Crippen LogP contribution in [-0.2, 0) is 0 Å². The number of anilines is 2. The van der Waals surface area contributed by atoms with Gasteiger partial charge in [0.15, 0.2) is 0 Å². The van der Waals surface area contributed by atoms with E-state index in [1.807, 2.05) is 27.1 Å². The Morgan fingerprint density at radius 1 is 1.53 bits per heavy atom. The number of hydrogen-bond donors (Lipinski definition) is 2. The van der Waals surface area contributed by atoms with Gasteiger partial charge in [0.25, 0.3) is 0 Å². The third-order valence-corrected chi connectivity index (χ3v) is 2.23. The summed E-state index contributed by atoms with van der Waals surface area (Å²) in [6.45, 7) is 5.05. The molecule has 4 nitrogen and oxygen atoms in total. The summed E-state index contributed by atoms with van der Waals surface area (Å²) in [5, 5.41) is 3.30. The van der Waals surface area contributed by atoms with Crippen molar-refractivity contribution in [2.24, 2.45) is 0 Å². The first-order valence-corrected chi connectivity index (χ1v) is 5.13. The summed E-state index contributed by atoms with van der Waals surface area (Å²) in [7, 11) is 4.09. The number of hydrogen-bond acceptors (Lipinski definition) is 4. The second-order valence-electron chi connectivity index (χ2n) is 4.20. The monoisotopic (exact) mass is 208 g/mol. The molecule has 0 saturated heterocycles. The fourth-order valence-electron chi connectivity index (χ4n) is 1.51. The van der Waals surface area contributed by atoms with E-state index >= 15 is 0 Å². The summed E-state index contributed by atoms with van der Waals surface area (Å²) >= 11 is 0. The van der Waals surface area contributed by atoms with Crippen LogP contribution in [0, 0.1) is 6.92 Å². The van der Waals surface area contributed by atoms with Gasteiger partial charge in [-0.05, 0) is 39.6 Å². The van der Waals surface area contributed by atoms with Crippen LogP contribution in [0.4, 0.5) is 11.5 Å². The zero-order valence-electron chi connectivity index (χ0n) is 9.91. The Morgan fingerprint density at radius 3 is 2.80 bits per heavy atom. The maximum absolute atomic E-state index is 5.92. The van der Waals surface area contributed by atoms with Gasteiger partial charge >= 0.3 is 0 Å². The molecule has 0 aliphatic rings. The molecule has 84 valence electrons. The standard InChI is InChI=1S/C11H20N4/c1-8-5-6-13-11(10(8)12)14-9(2)7-15(3)4/h5-6,9H,7,12H2,1-4H3,(H,13,14). The third kappa shape index (κ3) is 3.40. The molecule has 0 radical (unpaired) electrons. The Kier molecular flexibility index (Phi) is 3.91. The second-order valence-corrected chi connectivity index (χ2v) is 4.20. The largest absolute Gasteiger partial charge is 0.396 e. The highest BCUT2D eigenvalue weighted by atomic mass is 15.1. The highest BCUT2D eigenvalue weighted by molar-refractivity contribution is 5.65. The Morgan fingerprint density at radius 2 is 2.20 bits per heavy atom. The van der Waals surface area contributed by atoms with E-state index in [0.717, 1.165) is 23.6 Å². The first-order valence-electron chi connectivity index (χ1n) is 5.13. The summed E-state index contributed by atoms with van der Waals surface area (Å²) in [4.78, 5) is 6.36. The van der Waals surface area contributed by atoms with Gasteiger partial charge in [0.2, 0.25) is 0 Å². The van der Waals surface area contributed by atoms with Crippen molar-refractivity contribution in [3.05, 3.63) is 17.8 Å². The fourth-order valence-corrected chi connectivity index (χ4v) is 1.51. The Bertz CT molecular complexity index is 322. The average Bonchev–Trinajstić information content (AvgIpc) is 2.11. The van der Waals surface area contributed by atoms with Gasteiger partial charge in [-0.3, -0.25) is 0 Å². The molecule has 1 aromatic rings. The summed E-state index contributed by atoms with van der Waals surface area (Å²) in [5.74, 6) is 0.782. The van der Waals surface area contributed by atoms with Gasteiger partial charge < -0.3 is 16.0 Å². The molecule has 1 atom stereocenters. The van der Waals surface area contributed by atoms with Crippen molar-refractivity contribution in [2.75, 3.05) is 31.7 Å². The maximum atomic E-state index is 5.92. The predicted molar refractivity (Wildman–Crippen MR) is 65.0 cm³/mol. The summed E-state index contributed by atoms with van der Waals surface area (Å²) in [6.07, 6.45) is 1.77. The van der Waals surface area contributed by atoms with E-state index in [9.17, 15) is 0 Å². The minimum absolute atomic E-state index is 0.330. The highest BCUT2D eigenvalue weighted by Gasteiger charge is 2.07. The van der Waals surface area contributed by atoms with Crippen LogP contribution in [0.15, 0.2) is 12.3 Å². The van der Waals surface area contributed by atoms with Crippen LogP contribution >= 0.6 is 0 Å². The molecule has 15 heavy (non-hydrogen) atoms. The fraction of sp³-hybridized carbons (Fsp3) is 0.545. The molecule has 0 aliphatic carbocycles. The Labute approximate surface area is 91.5 Å². The first-order chi connectivity index (χ1) is 7.00. The second kappa shape index (κ2) is 4.98. The van der Waals surface area contributed by atoms with E-state index in [1.165, 1.54) is 0 Å². The van der Waals surface area contributed by atoms with Gasteiger partial charge in [0.1, 0.15) is 5.82 Å². The molecule has 1 aromatic heterocycles. The molecular formula is C11H20N4. The molecule has 0 spiro atoms. The molecule has 0 aliphatic heterocycles. The molecule has 0 bridgehead atoms. The van der Waals surface area contributed by atoms with Crippen molar-refractivity contribution in [1.29, 1.82) is 0 Å². The Balaban J connectivity index is 2.68. The number of aryl methyl sites for hydroxylation is 1. The number of rotatable bonds is 4. The van der Waals surface area contributed by atoms with Crippen LogP contribution in [-0.4, -0.2) is 36.6 Å².